The fraction of sp³-hybridized carbons (Fsp3) is 0. The molecule has 0 bridgehead atoms. The summed E-state index contributed by atoms with van der Waals surface area (Å²) in [5.74, 6) is -13.7. The van der Waals surface area contributed by atoms with Crippen LogP contribution in [0.25, 0.3) is 0 Å². The van der Waals surface area contributed by atoms with E-state index in [1.54, 1.807) is 0 Å². The molecule has 0 heterocycles. The second kappa shape index (κ2) is 4.76. The molecular formula is C8H3F5O4. The van der Waals surface area contributed by atoms with E-state index in [-0.39, 0.29) is 4.70 Å². The smallest absolute Gasteiger partial charge is 0.339 e. The highest BCUT2D eigenvalue weighted by Crippen LogP contribution is 2.24. The van der Waals surface area contributed by atoms with Gasteiger partial charge in [0.05, 0.1) is 0 Å². The van der Waals surface area contributed by atoms with Crippen molar-refractivity contribution in [2.45, 2.75) is 0 Å². The predicted octanol–water partition coefficient (Wildman–Crippen LogP) is 1.79. The minimum absolute atomic E-state index is 0. The molecule has 1 aromatic carbocycles. The number of halogens is 5. The number of hydrogen-bond acceptors (Lipinski definition) is 2. The topological polar surface area (TPSA) is 74.6 Å². The van der Waals surface area contributed by atoms with Crippen LogP contribution in [0.4, 0.5) is 22.3 Å². The third-order valence-corrected chi connectivity index (χ3v) is 1.69. The van der Waals surface area contributed by atoms with Gasteiger partial charge in [0.15, 0.2) is 23.3 Å². The van der Waals surface area contributed by atoms with Crippen LogP contribution < -0.4 is 0 Å². The van der Waals surface area contributed by atoms with Gasteiger partial charge in [-0.25, -0.2) is 27.2 Å². The molecule has 1 rings (SSSR count). The molecule has 94 valence electrons. The Kier molecular flexibility index (Phi) is 4.15. The fourth-order valence-corrected chi connectivity index (χ4v) is 1.03. The summed E-state index contributed by atoms with van der Waals surface area (Å²) < 4.78 is 51.0. The normalized spacial score (nSPS) is 9.65. The van der Waals surface area contributed by atoms with E-state index in [0.717, 1.165) is 0 Å². The van der Waals surface area contributed by atoms with Gasteiger partial charge in [0.2, 0.25) is 0 Å². The van der Waals surface area contributed by atoms with Crippen molar-refractivity contribution in [2.24, 2.45) is 0 Å². The monoisotopic (exact) mass is 258 g/mol. The van der Waals surface area contributed by atoms with Gasteiger partial charge >= 0.3 is 11.9 Å². The Labute approximate surface area is 89.5 Å². The SMILES string of the molecule is F.O=C(O)c1c(F)c(F)c(F)c(F)c1C(=O)O. The molecule has 0 saturated carbocycles. The van der Waals surface area contributed by atoms with Crippen LogP contribution in [0.3, 0.4) is 0 Å². The minimum atomic E-state index is -2.38. The van der Waals surface area contributed by atoms with Crippen molar-refractivity contribution in [1.82, 2.24) is 0 Å². The first-order chi connectivity index (χ1) is 7.29. The van der Waals surface area contributed by atoms with Crippen molar-refractivity contribution in [3.8, 4) is 0 Å². The highest BCUT2D eigenvalue weighted by molar-refractivity contribution is 6.02. The Hall–Kier alpha value is -2.19. The number of carbonyl (C=O) groups is 2. The molecule has 0 aliphatic rings. The molecule has 0 aliphatic heterocycles. The van der Waals surface area contributed by atoms with Crippen molar-refractivity contribution in [3.63, 3.8) is 0 Å². The number of carboxylic acid groups (broad SMARTS) is 2. The summed E-state index contributed by atoms with van der Waals surface area (Å²) in [4.78, 5) is 20.8. The lowest BCUT2D eigenvalue weighted by atomic mass is 10.1. The van der Waals surface area contributed by atoms with Gasteiger partial charge in [0.25, 0.3) is 0 Å². The summed E-state index contributed by atoms with van der Waals surface area (Å²) >= 11 is 0. The van der Waals surface area contributed by atoms with Crippen molar-refractivity contribution in [2.75, 3.05) is 0 Å². The van der Waals surface area contributed by atoms with Crippen LogP contribution in [0.2, 0.25) is 0 Å². The molecule has 0 fully saturated rings. The van der Waals surface area contributed by atoms with E-state index < -0.39 is 46.3 Å². The maximum absolute atomic E-state index is 12.9. The van der Waals surface area contributed by atoms with Crippen LogP contribution in [0, 0.1) is 23.3 Å². The summed E-state index contributed by atoms with van der Waals surface area (Å²) in [7, 11) is 0. The predicted molar refractivity (Wildman–Crippen MR) is 42.7 cm³/mol. The molecule has 0 radical (unpaired) electrons. The van der Waals surface area contributed by atoms with Crippen LogP contribution in [0.5, 0.6) is 0 Å². The van der Waals surface area contributed by atoms with E-state index in [1.807, 2.05) is 0 Å². The lowest BCUT2D eigenvalue weighted by Crippen LogP contribution is -2.17. The molecule has 2 N–H and O–H groups in total. The van der Waals surface area contributed by atoms with E-state index >= 15 is 0 Å². The van der Waals surface area contributed by atoms with E-state index in [2.05, 4.69) is 0 Å². The minimum Gasteiger partial charge on any atom is -0.478 e. The van der Waals surface area contributed by atoms with E-state index in [9.17, 15) is 27.2 Å². The van der Waals surface area contributed by atoms with Gasteiger partial charge in [-0.3, -0.25) is 4.70 Å². The Morgan fingerprint density at radius 1 is 0.706 bits per heavy atom. The van der Waals surface area contributed by atoms with Crippen LogP contribution in [-0.4, -0.2) is 22.2 Å². The van der Waals surface area contributed by atoms with Crippen LogP contribution >= 0.6 is 0 Å². The molecular weight excluding hydrogens is 255 g/mol. The van der Waals surface area contributed by atoms with E-state index in [0.29, 0.717) is 0 Å². The lowest BCUT2D eigenvalue weighted by Gasteiger charge is -2.06. The summed E-state index contributed by atoms with van der Waals surface area (Å²) in [5, 5.41) is 16.8. The highest BCUT2D eigenvalue weighted by atomic mass is 19.2. The average Bonchev–Trinajstić information content (AvgIpc) is 2.18. The van der Waals surface area contributed by atoms with Crippen LogP contribution in [0.1, 0.15) is 20.7 Å². The first kappa shape index (κ1) is 14.8. The molecule has 0 unspecified atom stereocenters. The summed E-state index contributed by atoms with van der Waals surface area (Å²) in [6.45, 7) is 0. The lowest BCUT2D eigenvalue weighted by molar-refractivity contribution is 0.0639. The second-order valence-electron chi connectivity index (χ2n) is 2.62. The molecule has 0 aromatic heterocycles. The molecule has 4 nitrogen and oxygen atoms in total. The molecule has 0 amide bonds. The molecule has 0 aliphatic carbocycles. The third-order valence-electron chi connectivity index (χ3n) is 1.69. The standard InChI is InChI=1S/C8H2F4O4.FH/c9-3-1(7(13)14)2(8(15)16)4(10)6(12)5(3)11;/h(H,13,14)(H,15,16);1H. The maximum Gasteiger partial charge on any atom is 0.339 e. The van der Waals surface area contributed by atoms with Gasteiger partial charge in [0.1, 0.15) is 11.1 Å². The molecule has 0 atom stereocenters. The maximum atomic E-state index is 12.9. The number of rotatable bonds is 2. The van der Waals surface area contributed by atoms with E-state index in [1.165, 1.54) is 0 Å². The Morgan fingerprint density at radius 2 is 0.941 bits per heavy atom. The van der Waals surface area contributed by atoms with Crippen molar-refractivity contribution >= 4 is 11.9 Å². The summed E-state index contributed by atoms with van der Waals surface area (Å²) in [5.41, 5.74) is -3.52. The van der Waals surface area contributed by atoms with Gasteiger partial charge < -0.3 is 10.2 Å². The van der Waals surface area contributed by atoms with Crippen LogP contribution in [-0.2, 0) is 0 Å². The number of aromatic carboxylic acids is 2. The first-order valence-electron chi connectivity index (χ1n) is 3.61. The molecule has 17 heavy (non-hydrogen) atoms. The summed E-state index contributed by atoms with van der Waals surface area (Å²) in [6, 6.07) is 0. The number of benzene rings is 1. The first-order valence-corrected chi connectivity index (χ1v) is 3.61. The van der Waals surface area contributed by atoms with Crippen molar-refractivity contribution in [3.05, 3.63) is 34.4 Å². The zero-order chi connectivity index (χ0) is 12.6. The second-order valence-corrected chi connectivity index (χ2v) is 2.62. The van der Waals surface area contributed by atoms with Gasteiger partial charge in [-0.15, -0.1) is 0 Å². The van der Waals surface area contributed by atoms with Crippen molar-refractivity contribution < 1.29 is 42.1 Å². The Bertz CT molecular complexity index is 454. The van der Waals surface area contributed by atoms with Gasteiger partial charge in [-0.2, -0.15) is 0 Å². The molecule has 1 aromatic rings. The van der Waals surface area contributed by atoms with Gasteiger partial charge in [-0.05, 0) is 0 Å². The fourth-order valence-electron chi connectivity index (χ4n) is 1.03. The molecule has 9 heteroatoms. The quantitative estimate of drug-likeness (QED) is 0.481. The van der Waals surface area contributed by atoms with Crippen LogP contribution in [0.15, 0.2) is 0 Å². The third kappa shape index (κ3) is 2.17. The highest BCUT2D eigenvalue weighted by Gasteiger charge is 2.32. The Morgan fingerprint density at radius 3 is 1.12 bits per heavy atom. The van der Waals surface area contributed by atoms with E-state index in [4.69, 9.17) is 10.2 Å². The zero-order valence-corrected chi connectivity index (χ0v) is 7.63. The number of hydrogen-bond donors (Lipinski definition) is 2. The molecule has 0 saturated heterocycles. The van der Waals surface area contributed by atoms with Crippen molar-refractivity contribution in [1.29, 1.82) is 0 Å². The Balaban J connectivity index is 0.00000256. The van der Waals surface area contributed by atoms with Gasteiger partial charge in [-0.1, -0.05) is 0 Å². The zero-order valence-electron chi connectivity index (χ0n) is 7.63. The number of carboxylic acids is 2. The average molecular weight is 258 g/mol. The summed E-state index contributed by atoms with van der Waals surface area (Å²) in [6.07, 6.45) is 0. The molecule has 0 spiro atoms. The largest absolute Gasteiger partial charge is 0.478 e. The van der Waals surface area contributed by atoms with Gasteiger partial charge in [0, 0.05) is 0 Å².